The van der Waals surface area contributed by atoms with E-state index < -0.39 is 0 Å². The van der Waals surface area contributed by atoms with Crippen molar-refractivity contribution in [3.8, 4) is 22.8 Å². The van der Waals surface area contributed by atoms with E-state index in [1.54, 1.807) is 36.3 Å². The molecule has 1 unspecified atom stereocenters. The Morgan fingerprint density at radius 2 is 2.07 bits per heavy atom. The van der Waals surface area contributed by atoms with E-state index in [9.17, 15) is 4.79 Å². The molecule has 3 aromatic heterocycles. The van der Waals surface area contributed by atoms with Gasteiger partial charge in [0.25, 0.3) is 5.56 Å². The van der Waals surface area contributed by atoms with Gasteiger partial charge in [-0.15, -0.1) is 0 Å². The van der Waals surface area contributed by atoms with E-state index >= 15 is 0 Å². The number of methoxy groups -OCH3 is 1. The molecular weight excluding hydrogens is 368 g/mol. The molecule has 3 aromatic rings. The number of ether oxygens (including phenoxy) is 2. The fraction of sp³-hybridized carbons (Fsp3) is 0.364. The Labute approximate surface area is 169 Å². The van der Waals surface area contributed by atoms with Crippen LogP contribution in [-0.2, 0) is 6.54 Å². The van der Waals surface area contributed by atoms with E-state index in [2.05, 4.69) is 15.0 Å². The van der Waals surface area contributed by atoms with Gasteiger partial charge in [0.2, 0.25) is 5.88 Å². The fourth-order valence-electron chi connectivity index (χ4n) is 3.41. The lowest BCUT2D eigenvalue weighted by Crippen LogP contribution is -2.17. The largest absolute Gasteiger partial charge is 0.495 e. The monoisotopic (exact) mass is 392 g/mol. The number of aryl methyl sites for hydroxylation is 2. The highest BCUT2D eigenvalue weighted by atomic mass is 16.5. The van der Waals surface area contributed by atoms with Crippen LogP contribution in [0.5, 0.6) is 11.6 Å². The average molecular weight is 392 g/mol. The van der Waals surface area contributed by atoms with Crippen molar-refractivity contribution in [2.24, 2.45) is 5.92 Å². The molecule has 7 heteroatoms. The van der Waals surface area contributed by atoms with Crippen LogP contribution in [0.25, 0.3) is 11.1 Å². The van der Waals surface area contributed by atoms with Gasteiger partial charge in [-0.2, -0.15) is 4.98 Å². The Kier molecular flexibility index (Phi) is 5.29. The van der Waals surface area contributed by atoms with Crippen LogP contribution in [0.3, 0.4) is 0 Å². The lowest BCUT2D eigenvalue weighted by molar-refractivity contribution is 0.285. The number of pyridine rings is 2. The van der Waals surface area contributed by atoms with Gasteiger partial charge in [-0.25, -0.2) is 4.98 Å². The number of aromatic nitrogens is 4. The van der Waals surface area contributed by atoms with Crippen LogP contribution in [0.15, 0.2) is 47.7 Å². The molecule has 150 valence electrons. The Morgan fingerprint density at radius 1 is 1.21 bits per heavy atom. The third-order valence-electron chi connectivity index (χ3n) is 5.25. The lowest BCUT2D eigenvalue weighted by atomic mass is 10.1. The minimum Gasteiger partial charge on any atom is -0.495 e. The van der Waals surface area contributed by atoms with Crippen molar-refractivity contribution in [3.63, 3.8) is 0 Å². The highest BCUT2D eigenvalue weighted by Gasteiger charge is 2.40. The highest BCUT2D eigenvalue weighted by Crippen LogP contribution is 2.47. The predicted molar refractivity (Wildman–Crippen MR) is 109 cm³/mol. The molecule has 3 heterocycles. The van der Waals surface area contributed by atoms with Crippen molar-refractivity contribution in [2.45, 2.75) is 32.7 Å². The van der Waals surface area contributed by atoms with Crippen molar-refractivity contribution in [3.05, 3.63) is 64.7 Å². The number of hydrogen-bond donors (Lipinski definition) is 0. The van der Waals surface area contributed by atoms with E-state index in [-0.39, 0.29) is 5.56 Å². The maximum absolute atomic E-state index is 12.2. The summed E-state index contributed by atoms with van der Waals surface area (Å²) in [7, 11) is 1.63. The van der Waals surface area contributed by atoms with Crippen LogP contribution in [-0.4, -0.2) is 33.2 Å². The molecule has 29 heavy (non-hydrogen) atoms. The molecular formula is C22H24N4O3. The van der Waals surface area contributed by atoms with Crippen LogP contribution in [0, 0.1) is 12.8 Å². The third kappa shape index (κ3) is 4.13. The normalized spacial score (nSPS) is 17.8. The van der Waals surface area contributed by atoms with Crippen molar-refractivity contribution < 1.29 is 9.47 Å². The molecule has 2 atom stereocenters. The molecule has 1 fully saturated rings. The minimum atomic E-state index is -0.0515. The van der Waals surface area contributed by atoms with Crippen LogP contribution in [0.2, 0.25) is 0 Å². The zero-order valence-electron chi connectivity index (χ0n) is 16.8. The summed E-state index contributed by atoms with van der Waals surface area (Å²) in [5.41, 5.74) is 2.50. The minimum absolute atomic E-state index is 0.0515. The van der Waals surface area contributed by atoms with Crippen molar-refractivity contribution in [2.75, 3.05) is 13.7 Å². The van der Waals surface area contributed by atoms with E-state index in [1.165, 1.54) is 0 Å². The molecule has 0 amide bonds. The lowest BCUT2D eigenvalue weighted by Gasteiger charge is -2.11. The Bertz CT molecular complexity index is 1060. The molecule has 0 aliphatic heterocycles. The first-order valence-electron chi connectivity index (χ1n) is 9.76. The smallest absolute Gasteiger partial charge is 0.251 e. The van der Waals surface area contributed by atoms with Gasteiger partial charge in [-0.05, 0) is 44.0 Å². The van der Waals surface area contributed by atoms with Gasteiger partial charge in [0.15, 0.2) is 0 Å². The molecule has 0 N–H and O–H groups in total. The summed E-state index contributed by atoms with van der Waals surface area (Å²) in [6, 6.07) is 7.44. The van der Waals surface area contributed by atoms with Crippen LogP contribution in [0.4, 0.5) is 0 Å². The molecule has 0 aromatic carbocycles. The quantitative estimate of drug-likeness (QED) is 0.614. The van der Waals surface area contributed by atoms with Crippen LogP contribution in [0.1, 0.15) is 30.8 Å². The summed E-state index contributed by atoms with van der Waals surface area (Å²) < 4.78 is 12.9. The second kappa shape index (κ2) is 8.03. The predicted octanol–water partition coefficient (Wildman–Crippen LogP) is 3.22. The zero-order chi connectivity index (χ0) is 20.4. The van der Waals surface area contributed by atoms with Crippen molar-refractivity contribution in [1.82, 2.24) is 19.5 Å². The highest BCUT2D eigenvalue weighted by molar-refractivity contribution is 5.67. The molecule has 1 aliphatic rings. The molecule has 1 aliphatic carbocycles. The number of nitrogens with zero attached hydrogens (tertiary/aromatic N) is 4. The summed E-state index contributed by atoms with van der Waals surface area (Å²) >= 11 is 0. The van der Waals surface area contributed by atoms with E-state index in [0.29, 0.717) is 36.7 Å². The Morgan fingerprint density at radius 3 is 2.76 bits per heavy atom. The third-order valence-corrected chi connectivity index (χ3v) is 5.25. The maximum Gasteiger partial charge on any atom is 0.251 e. The topological polar surface area (TPSA) is 79.1 Å². The van der Waals surface area contributed by atoms with E-state index in [1.807, 2.05) is 32.0 Å². The van der Waals surface area contributed by atoms with Gasteiger partial charge in [-0.1, -0.05) is 0 Å². The second-order valence-electron chi connectivity index (χ2n) is 7.21. The van der Waals surface area contributed by atoms with Gasteiger partial charge in [0.05, 0.1) is 25.5 Å². The number of rotatable bonds is 7. The van der Waals surface area contributed by atoms with Crippen LogP contribution >= 0.6 is 0 Å². The molecule has 0 saturated heterocycles. The molecule has 4 rings (SSSR count). The number of hydrogen-bond acceptors (Lipinski definition) is 6. The van der Waals surface area contributed by atoms with Crippen molar-refractivity contribution in [1.29, 1.82) is 0 Å². The summed E-state index contributed by atoms with van der Waals surface area (Å²) in [6.45, 7) is 4.95. The Hall–Kier alpha value is -3.22. The van der Waals surface area contributed by atoms with Gasteiger partial charge in [0, 0.05) is 42.5 Å². The molecule has 0 spiro atoms. The summed E-state index contributed by atoms with van der Waals surface area (Å²) in [5, 5.41) is 0. The van der Waals surface area contributed by atoms with Gasteiger partial charge >= 0.3 is 0 Å². The molecule has 7 nitrogen and oxygen atoms in total. The maximum atomic E-state index is 12.2. The van der Waals surface area contributed by atoms with Gasteiger partial charge in [-0.3, -0.25) is 9.78 Å². The van der Waals surface area contributed by atoms with E-state index in [0.717, 1.165) is 29.0 Å². The van der Waals surface area contributed by atoms with Crippen molar-refractivity contribution >= 4 is 0 Å². The first-order valence-corrected chi connectivity index (χ1v) is 9.76. The Balaban J connectivity index is 1.48. The summed E-state index contributed by atoms with van der Waals surface area (Å²) in [5.74, 6) is 2.69. The SMILES string of the molecule is CCn1ccc(-c2cnc(C)nc2OCC2C[C@@H]2c2ccc(OC)cn2)cc1=O. The zero-order valence-corrected chi connectivity index (χ0v) is 16.8. The first kappa shape index (κ1) is 19.1. The molecule has 1 saturated carbocycles. The molecule has 0 radical (unpaired) electrons. The second-order valence-corrected chi connectivity index (χ2v) is 7.21. The standard InChI is InChI=1S/C22H24N4O3/c1-4-26-8-7-15(10-21(26)27)19-12-23-14(2)25-22(19)29-13-16-9-18(16)20-6-5-17(28-3)11-24-20/h5-8,10-12,16,18H,4,9,13H2,1-3H3/t16?,18-/m0/s1. The van der Waals surface area contributed by atoms with Gasteiger partial charge in [0.1, 0.15) is 11.6 Å². The summed E-state index contributed by atoms with van der Waals surface area (Å²) in [4.78, 5) is 25.4. The average Bonchev–Trinajstić information content (AvgIpc) is 3.52. The summed E-state index contributed by atoms with van der Waals surface area (Å²) in [6.07, 6.45) is 6.28. The van der Waals surface area contributed by atoms with E-state index in [4.69, 9.17) is 9.47 Å². The van der Waals surface area contributed by atoms with Gasteiger partial charge < -0.3 is 14.0 Å². The fourth-order valence-corrected chi connectivity index (χ4v) is 3.41. The van der Waals surface area contributed by atoms with Crippen LogP contribution < -0.4 is 15.0 Å². The first-order chi connectivity index (χ1) is 14.1. The molecule has 0 bridgehead atoms.